The van der Waals surface area contributed by atoms with Crippen LogP contribution >= 0.6 is 0 Å². The fraction of sp³-hybridized carbons (Fsp3) is 0.364. The Bertz CT molecular complexity index is 433. The van der Waals surface area contributed by atoms with E-state index < -0.39 is 35.7 Å². The Kier molecular flexibility index (Phi) is 3.36. The van der Waals surface area contributed by atoms with Crippen molar-refractivity contribution in [3.05, 3.63) is 23.8 Å². The second-order valence-electron chi connectivity index (χ2n) is 4.07. The van der Waals surface area contributed by atoms with Crippen LogP contribution in [0.1, 0.15) is 13.3 Å². The van der Waals surface area contributed by atoms with E-state index >= 15 is 0 Å². The third-order valence-corrected chi connectivity index (χ3v) is 2.88. The summed E-state index contributed by atoms with van der Waals surface area (Å²) in [6.45, 7) is 1.34. The van der Waals surface area contributed by atoms with Crippen molar-refractivity contribution in [1.82, 2.24) is 0 Å². The molecule has 0 saturated heterocycles. The molecule has 1 aliphatic rings. The molecule has 0 aromatic heterocycles. The number of hydrogen-bond acceptors (Lipinski definition) is 3. The first-order valence-electron chi connectivity index (χ1n) is 4.86. The quantitative estimate of drug-likeness (QED) is 0.668. The molecule has 0 amide bonds. The number of carbonyl (C=O) groups is 3. The van der Waals surface area contributed by atoms with Crippen LogP contribution in [0.3, 0.4) is 0 Å². The second kappa shape index (κ2) is 4.40. The SMILES string of the molecule is CC1(CC(=O)O)C(C(=O)O)=CC=CC1C(=O)O. The Balaban J connectivity index is 3.26. The Hall–Kier alpha value is -2.11. The van der Waals surface area contributed by atoms with Gasteiger partial charge in [0.15, 0.2) is 0 Å². The van der Waals surface area contributed by atoms with Gasteiger partial charge in [0.25, 0.3) is 0 Å². The average molecular weight is 240 g/mol. The lowest BCUT2D eigenvalue weighted by Gasteiger charge is -2.34. The lowest BCUT2D eigenvalue weighted by Crippen LogP contribution is -2.39. The largest absolute Gasteiger partial charge is 0.481 e. The van der Waals surface area contributed by atoms with Gasteiger partial charge in [-0.1, -0.05) is 25.2 Å². The van der Waals surface area contributed by atoms with Gasteiger partial charge >= 0.3 is 17.9 Å². The molecule has 1 rings (SSSR count). The van der Waals surface area contributed by atoms with Gasteiger partial charge in [0.05, 0.1) is 12.3 Å². The van der Waals surface area contributed by atoms with Gasteiger partial charge in [-0.2, -0.15) is 0 Å². The first kappa shape index (κ1) is 13.0. The highest BCUT2D eigenvalue weighted by molar-refractivity contribution is 5.92. The zero-order valence-corrected chi connectivity index (χ0v) is 9.08. The van der Waals surface area contributed by atoms with Crippen LogP contribution in [0.4, 0.5) is 0 Å². The highest BCUT2D eigenvalue weighted by Crippen LogP contribution is 2.42. The molecule has 17 heavy (non-hydrogen) atoms. The smallest absolute Gasteiger partial charge is 0.332 e. The van der Waals surface area contributed by atoms with Crippen molar-refractivity contribution in [2.24, 2.45) is 11.3 Å². The van der Waals surface area contributed by atoms with Crippen molar-refractivity contribution < 1.29 is 29.7 Å². The van der Waals surface area contributed by atoms with Crippen LogP contribution in [0.15, 0.2) is 23.8 Å². The molecule has 0 aliphatic heterocycles. The van der Waals surface area contributed by atoms with Gasteiger partial charge < -0.3 is 15.3 Å². The van der Waals surface area contributed by atoms with E-state index in [1.54, 1.807) is 0 Å². The summed E-state index contributed by atoms with van der Waals surface area (Å²) in [7, 11) is 0. The molecule has 6 nitrogen and oxygen atoms in total. The number of aliphatic carboxylic acids is 3. The number of carboxylic acid groups (broad SMARTS) is 3. The van der Waals surface area contributed by atoms with Crippen molar-refractivity contribution in [3.8, 4) is 0 Å². The Labute approximate surface area is 96.9 Å². The summed E-state index contributed by atoms with van der Waals surface area (Å²) in [6, 6.07) is 0. The molecule has 3 N–H and O–H groups in total. The molecule has 0 bridgehead atoms. The predicted molar refractivity (Wildman–Crippen MR) is 56.3 cm³/mol. The van der Waals surface area contributed by atoms with Crippen LogP contribution < -0.4 is 0 Å². The summed E-state index contributed by atoms with van der Waals surface area (Å²) in [5, 5.41) is 26.8. The molecular formula is C11H12O6. The molecule has 2 atom stereocenters. The van der Waals surface area contributed by atoms with E-state index in [4.69, 9.17) is 15.3 Å². The van der Waals surface area contributed by atoms with Crippen LogP contribution in [-0.2, 0) is 14.4 Å². The predicted octanol–water partition coefficient (Wildman–Crippen LogP) is 0.749. The van der Waals surface area contributed by atoms with E-state index in [-0.39, 0.29) is 5.57 Å². The number of hydrogen-bond donors (Lipinski definition) is 3. The van der Waals surface area contributed by atoms with Crippen molar-refractivity contribution in [3.63, 3.8) is 0 Å². The summed E-state index contributed by atoms with van der Waals surface area (Å²) in [4.78, 5) is 32.9. The summed E-state index contributed by atoms with van der Waals surface area (Å²) < 4.78 is 0. The van der Waals surface area contributed by atoms with Gasteiger partial charge in [0, 0.05) is 11.0 Å². The minimum Gasteiger partial charge on any atom is -0.481 e. The third-order valence-electron chi connectivity index (χ3n) is 2.88. The Morgan fingerprint density at radius 3 is 2.29 bits per heavy atom. The van der Waals surface area contributed by atoms with E-state index in [0.29, 0.717) is 0 Å². The fourth-order valence-electron chi connectivity index (χ4n) is 2.02. The molecule has 0 spiro atoms. The molecule has 2 unspecified atom stereocenters. The molecule has 0 aromatic rings. The Morgan fingerprint density at radius 1 is 1.29 bits per heavy atom. The molecule has 0 saturated carbocycles. The van der Waals surface area contributed by atoms with Crippen molar-refractivity contribution >= 4 is 17.9 Å². The van der Waals surface area contributed by atoms with Crippen LogP contribution in [0.2, 0.25) is 0 Å². The first-order valence-corrected chi connectivity index (χ1v) is 4.86. The monoisotopic (exact) mass is 240 g/mol. The normalized spacial score (nSPS) is 27.4. The topological polar surface area (TPSA) is 112 Å². The molecule has 6 heteroatoms. The molecular weight excluding hydrogens is 228 g/mol. The summed E-state index contributed by atoms with van der Waals surface area (Å²) in [5.41, 5.74) is -1.65. The minimum absolute atomic E-state index is 0.199. The van der Waals surface area contributed by atoms with Crippen molar-refractivity contribution in [1.29, 1.82) is 0 Å². The van der Waals surface area contributed by atoms with Gasteiger partial charge in [-0.05, 0) is 0 Å². The fourth-order valence-corrected chi connectivity index (χ4v) is 2.02. The third kappa shape index (κ3) is 2.35. The van der Waals surface area contributed by atoms with E-state index in [9.17, 15) is 14.4 Å². The van der Waals surface area contributed by atoms with E-state index in [2.05, 4.69) is 0 Å². The lowest BCUT2D eigenvalue weighted by molar-refractivity contribution is -0.146. The van der Waals surface area contributed by atoms with E-state index in [0.717, 1.165) is 0 Å². The van der Waals surface area contributed by atoms with Gasteiger partial charge in [-0.15, -0.1) is 0 Å². The highest BCUT2D eigenvalue weighted by atomic mass is 16.4. The first-order chi connectivity index (χ1) is 7.79. The van der Waals surface area contributed by atoms with Crippen LogP contribution in [0.5, 0.6) is 0 Å². The van der Waals surface area contributed by atoms with E-state index in [1.807, 2.05) is 0 Å². The summed E-state index contributed by atoms with van der Waals surface area (Å²) in [6.07, 6.45) is 3.32. The molecule has 92 valence electrons. The molecule has 0 heterocycles. The van der Waals surface area contributed by atoms with E-state index in [1.165, 1.54) is 25.2 Å². The van der Waals surface area contributed by atoms with Crippen molar-refractivity contribution in [2.45, 2.75) is 13.3 Å². The Morgan fingerprint density at radius 2 is 1.88 bits per heavy atom. The number of allylic oxidation sites excluding steroid dienone is 2. The van der Waals surface area contributed by atoms with Crippen LogP contribution in [0.25, 0.3) is 0 Å². The van der Waals surface area contributed by atoms with Crippen molar-refractivity contribution in [2.75, 3.05) is 0 Å². The van der Waals surface area contributed by atoms with Gasteiger partial charge in [-0.3, -0.25) is 9.59 Å². The van der Waals surface area contributed by atoms with Gasteiger partial charge in [0.1, 0.15) is 0 Å². The van der Waals surface area contributed by atoms with Gasteiger partial charge in [0.2, 0.25) is 0 Å². The average Bonchev–Trinajstić information content (AvgIpc) is 2.14. The van der Waals surface area contributed by atoms with Crippen LogP contribution in [-0.4, -0.2) is 33.2 Å². The molecule has 0 radical (unpaired) electrons. The molecule has 0 fully saturated rings. The maximum atomic E-state index is 11.1. The maximum absolute atomic E-state index is 11.1. The zero-order chi connectivity index (χ0) is 13.2. The number of carboxylic acids is 3. The highest BCUT2D eigenvalue weighted by Gasteiger charge is 2.46. The van der Waals surface area contributed by atoms with Gasteiger partial charge in [-0.25, -0.2) is 4.79 Å². The second-order valence-corrected chi connectivity index (χ2v) is 4.07. The summed E-state index contributed by atoms with van der Waals surface area (Å²) >= 11 is 0. The summed E-state index contributed by atoms with van der Waals surface area (Å²) in [5.74, 6) is -4.93. The minimum atomic E-state index is -1.45. The van der Waals surface area contributed by atoms with Crippen LogP contribution in [0, 0.1) is 11.3 Å². The molecule has 0 aromatic carbocycles. The lowest BCUT2D eigenvalue weighted by atomic mass is 9.66. The standard InChI is InChI=1S/C11H12O6/c1-11(5-8(12)13)6(9(14)15)3-2-4-7(11)10(16)17/h2-4,6H,5H2,1H3,(H,12,13)(H,14,15)(H,16,17). The zero-order valence-electron chi connectivity index (χ0n) is 9.08. The molecule has 1 aliphatic carbocycles. The maximum Gasteiger partial charge on any atom is 0.332 e. The number of rotatable bonds is 4.